The summed E-state index contributed by atoms with van der Waals surface area (Å²) in [6.07, 6.45) is 1.38. The van der Waals surface area contributed by atoms with Crippen molar-refractivity contribution < 1.29 is 0 Å². The molecule has 2 nitrogen and oxygen atoms in total. The summed E-state index contributed by atoms with van der Waals surface area (Å²) in [5.41, 5.74) is 6.70. The van der Waals surface area contributed by atoms with Crippen molar-refractivity contribution in [3.63, 3.8) is 0 Å². The minimum absolute atomic E-state index is 0.202. The summed E-state index contributed by atoms with van der Waals surface area (Å²) in [5, 5.41) is 19.9. The summed E-state index contributed by atoms with van der Waals surface area (Å²) in [4.78, 5) is 0. The number of rotatable bonds is 9. The van der Waals surface area contributed by atoms with Crippen molar-refractivity contribution in [2.45, 2.75) is 35.1 Å². The SMILES string of the molecule is C[C@H]([As]C(CC#N)c1cccc(-c2ccccc2)c1)[C@@H](Cc1ccc(Cl)cc1)c1cccc(C#N)c1. The number of nitriles is 2. The molecule has 1 unspecified atom stereocenters. The van der Waals surface area contributed by atoms with Gasteiger partial charge in [0.1, 0.15) is 0 Å². The molecule has 0 aliphatic carbocycles. The van der Waals surface area contributed by atoms with Gasteiger partial charge >= 0.3 is 227 Å². The molecule has 177 valence electrons. The van der Waals surface area contributed by atoms with E-state index in [1.807, 2.05) is 36.4 Å². The van der Waals surface area contributed by atoms with Crippen LogP contribution >= 0.6 is 11.6 Å². The fourth-order valence-electron chi connectivity index (χ4n) is 4.57. The molecule has 0 spiro atoms. The second kappa shape index (κ2) is 12.6. The number of nitrogens with zero attached hydrogens (tertiary/aromatic N) is 2. The van der Waals surface area contributed by atoms with E-state index in [4.69, 9.17) is 11.6 Å². The van der Waals surface area contributed by atoms with Gasteiger partial charge in [0.2, 0.25) is 0 Å². The van der Waals surface area contributed by atoms with Gasteiger partial charge in [-0.3, -0.25) is 0 Å². The Bertz CT molecular complexity index is 1370. The van der Waals surface area contributed by atoms with Crippen molar-refractivity contribution in [3.8, 4) is 23.3 Å². The molecule has 0 heterocycles. The van der Waals surface area contributed by atoms with E-state index >= 15 is 0 Å². The molecule has 0 aliphatic rings. The Kier molecular flexibility index (Phi) is 9.03. The zero-order valence-corrected chi connectivity index (χ0v) is 22.8. The molecule has 0 fully saturated rings. The van der Waals surface area contributed by atoms with E-state index in [-0.39, 0.29) is 26.4 Å². The van der Waals surface area contributed by atoms with E-state index in [0.29, 0.717) is 16.7 Å². The molecule has 4 aromatic carbocycles. The van der Waals surface area contributed by atoms with Crippen molar-refractivity contribution in [3.05, 3.63) is 130 Å². The average Bonchev–Trinajstić information content (AvgIpc) is 2.93. The van der Waals surface area contributed by atoms with Gasteiger partial charge in [0, 0.05) is 0 Å². The summed E-state index contributed by atoms with van der Waals surface area (Å²) in [5.74, 6) is 0.248. The van der Waals surface area contributed by atoms with Gasteiger partial charge in [-0.05, 0) is 0 Å². The van der Waals surface area contributed by atoms with E-state index < -0.39 is 0 Å². The number of benzene rings is 4. The quantitative estimate of drug-likeness (QED) is 0.197. The van der Waals surface area contributed by atoms with E-state index in [0.717, 1.165) is 11.4 Å². The van der Waals surface area contributed by atoms with Crippen LogP contribution in [0, 0.1) is 22.7 Å². The van der Waals surface area contributed by atoms with Crippen LogP contribution in [-0.4, -0.2) is 15.8 Å². The standard InChI is InChI=1S/C32H27AsClN2/c1-23(31(20-24-13-15-30(34)16-14-24)28-11-5-7-25(19-28)22-36)33-32(17-18-35)29-12-6-10-27(21-29)26-8-3-2-4-9-26/h2-16,19,21,23,31-32H,17,20H2,1H3/t23-,31+,32?/m0/s1. The third-order valence-corrected chi connectivity index (χ3v) is 10.2. The Morgan fingerprint density at radius 2 is 1.47 bits per heavy atom. The zero-order chi connectivity index (χ0) is 25.3. The maximum atomic E-state index is 9.70. The number of hydrogen-bond acceptors (Lipinski definition) is 2. The first kappa shape index (κ1) is 25.8. The van der Waals surface area contributed by atoms with Crippen molar-refractivity contribution in [1.29, 1.82) is 10.5 Å². The maximum absolute atomic E-state index is 9.70. The van der Waals surface area contributed by atoms with Gasteiger partial charge in [-0.2, -0.15) is 0 Å². The Balaban J connectivity index is 1.64. The molecule has 0 bridgehead atoms. The van der Waals surface area contributed by atoms with Gasteiger partial charge in [0.05, 0.1) is 0 Å². The van der Waals surface area contributed by atoms with Gasteiger partial charge in [-0.15, -0.1) is 0 Å². The Hall–Kier alpha value is -3.29. The summed E-state index contributed by atoms with van der Waals surface area (Å²) >= 11 is 5.93. The molecule has 3 atom stereocenters. The number of halogens is 1. The Morgan fingerprint density at radius 3 is 2.19 bits per heavy atom. The topological polar surface area (TPSA) is 47.6 Å². The van der Waals surface area contributed by atoms with Gasteiger partial charge in [-0.1, -0.05) is 0 Å². The average molecular weight is 550 g/mol. The van der Waals surface area contributed by atoms with Gasteiger partial charge < -0.3 is 0 Å². The first-order valence-corrected chi connectivity index (χ1v) is 14.6. The zero-order valence-electron chi connectivity index (χ0n) is 20.2. The van der Waals surface area contributed by atoms with Crippen LogP contribution in [0.5, 0.6) is 0 Å². The van der Waals surface area contributed by atoms with E-state index in [9.17, 15) is 10.5 Å². The molecular formula is C32H27AsClN2. The van der Waals surface area contributed by atoms with Crippen LogP contribution in [0.4, 0.5) is 0 Å². The summed E-state index contributed by atoms with van der Waals surface area (Å²) < 4.78 is 0.599. The van der Waals surface area contributed by atoms with Crippen LogP contribution < -0.4 is 0 Å². The third-order valence-electron chi connectivity index (χ3n) is 6.47. The molecule has 0 N–H and O–H groups in total. The van der Waals surface area contributed by atoms with Crippen LogP contribution in [0.3, 0.4) is 0 Å². The molecule has 0 amide bonds. The van der Waals surface area contributed by atoms with Crippen LogP contribution in [0.2, 0.25) is 9.73 Å². The summed E-state index contributed by atoms with van der Waals surface area (Å²) in [7, 11) is 0. The van der Waals surface area contributed by atoms with Crippen LogP contribution in [0.25, 0.3) is 11.1 Å². The summed E-state index contributed by atoms with van der Waals surface area (Å²) in [6.45, 7) is 2.31. The first-order valence-electron chi connectivity index (χ1n) is 12.0. The molecule has 4 heteroatoms. The monoisotopic (exact) mass is 549 g/mol. The molecule has 0 saturated heterocycles. The molecule has 0 saturated carbocycles. The van der Waals surface area contributed by atoms with Crippen LogP contribution in [0.15, 0.2) is 103 Å². The molecular weight excluding hydrogens is 523 g/mol. The van der Waals surface area contributed by atoms with E-state index in [2.05, 4.69) is 85.8 Å². The summed E-state index contributed by atoms with van der Waals surface area (Å²) in [6, 6.07) is 39.8. The second-order valence-electron chi connectivity index (χ2n) is 8.93. The fourth-order valence-corrected chi connectivity index (χ4v) is 7.99. The molecule has 4 aromatic rings. The van der Waals surface area contributed by atoms with Crippen molar-refractivity contribution in [2.75, 3.05) is 0 Å². The van der Waals surface area contributed by atoms with Crippen LogP contribution in [0.1, 0.15) is 46.2 Å². The van der Waals surface area contributed by atoms with Gasteiger partial charge in [0.15, 0.2) is 0 Å². The minimum atomic E-state index is -0.202. The number of hydrogen-bond donors (Lipinski definition) is 0. The van der Waals surface area contributed by atoms with E-state index in [1.165, 1.54) is 27.8 Å². The predicted molar refractivity (Wildman–Crippen MR) is 149 cm³/mol. The normalized spacial score (nSPS) is 13.6. The second-order valence-corrected chi connectivity index (χ2v) is 13.0. The molecule has 36 heavy (non-hydrogen) atoms. The van der Waals surface area contributed by atoms with Crippen molar-refractivity contribution >= 4 is 27.4 Å². The van der Waals surface area contributed by atoms with Gasteiger partial charge in [0.25, 0.3) is 0 Å². The van der Waals surface area contributed by atoms with Crippen molar-refractivity contribution in [1.82, 2.24) is 0 Å². The van der Waals surface area contributed by atoms with Gasteiger partial charge in [-0.25, -0.2) is 0 Å². The van der Waals surface area contributed by atoms with E-state index in [1.54, 1.807) is 0 Å². The first-order chi connectivity index (χ1) is 17.6. The molecule has 0 aromatic heterocycles. The molecule has 4 rings (SSSR count). The fraction of sp³-hybridized carbons (Fsp3) is 0.188. The van der Waals surface area contributed by atoms with Crippen molar-refractivity contribution in [2.24, 2.45) is 0 Å². The van der Waals surface area contributed by atoms with Crippen LogP contribution in [-0.2, 0) is 6.42 Å². The molecule has 0 aliphatic heterocycles. The predicted octanol–water partition coefficient (Wildman–Crippen LogP) is 8.37. The Morgan fingerprint density at radius 1 is 0.778 bits per heavy atom. The Labute approximate surface area is 225 Å². The third kappa shape index (κ3) is 6.68. The molecule has 1 radical (unpaired) electrons.